The molecule has 3 aromatic rings. The molecule has 0 unspecified atom stereocenters. The van der Waals surface area contributed by atoms with Crippen molar-refractivity contribution in [2.75, 3.05) is 13.1 Å². The molecule has 0 aliphatic carbocycles. The van der Waals surface area contributed by atoms with Crippen LogP contribution in [0.4, 0.5) is 0 Å². The lowest BCUT2D eigenvalue weighted by Gasteiger charge is -2.20. The average molecular weight is 504 g/mol. The SMILES string of the molecule is CCC(=O)CCCCC[C@@H](CNCCc1c[nH]c2ccccc12)NC(=O)CCCC(=O)c1ccccc1. The molecule has 0 aliphatic rings. The van der Waals surface area contributed by atoms with Crippen molar-refractivity contribution < 1.29 is 14.4 Å². The number of benzene rings is 2. The van der Waals surface area contributed by atoms with Gasteiger partial charge in [-0.1, -0.05) is 68.3 Å². The molecular formula is C31H41N3O3. The van der Waals surface area contributed by atoms with Gasteiger partial charge < -0.3 is 15.6 Å². The molecule has 3 N–H and O–H groups in total. The summed E-state index contributed by atoms with van der Waals surface area (Å²) in [4.78, 5) is 39.8. The van der Waals surface area contributed by atoms with Crippen LogP contribution in [0.25, 0.3) is 10.9 Å². The second kappa shape index (κ2) is 15.8. The van der Waals surface area contributed by atoms with Gasteiger partial charge in [-0.3, -0.25) is 14.4 Å². The number of aromatic amines is 1. The highest BCUT2D eigenvalue weighted by atomic mass is 16.2. The minimum Gasteiger partial charge on any atom is -0.361 e. The summed E-state index contributed by atoms with van der Waals surface area (Å²) in [7, 11) is 0. The summed E-state index contributed by atoms with van der Waals surface area (Å²) in [6, 6.07) is 17.6. The Morgan fingerprint density at radius 1 is 0.865 bits per heavy atom. The Balaban J connectivity index is 1.42. The summed E-state index contributed by atoms with van der Waals surface area (Å²) in [5.74, 6) is 0.379. The third-order valence-electron chi connectivity index (χ3n) is 6.81. The molecule has 6 nitrogen and oxygen atoms in total. The topological polar surface area (TPSA) is 91.1 Å². The van der Waals surface area contributed by atoms with Crippen LogP contribution in [0, 0.1) is 0 Å². The lowest BCUT2D eigenvalue weighted by atomic mass is 10.0. The van der Waals surface area contributed by atoms with Gasteiger partial charge in [0.1, 0.15) is 5.78 Å². The van der Waals surface area contributed by atoms with Crippen LogP contribution in [0.2, 0.25) is 0 Å². The van der Waals surface area contributed by atoms with Crippen molar-refractivity contribution in [3.63, 3.8) is 0 Å². The summed E-state index contributed by atoms with van der Waals surface area (Å²) >= 11 is 0. The molecule has 3 rings (SSSR count). The van der Waals surface area contributed by atoms with Gasteiger partial charge in [0.2, 0.25) is 5.91 Å². The predicted molar refractivity (Wildman–Crippen MR) is 150 cm³/mol. The molecule has 0 radical (unpaired) electrons. The second-order valence-electron chi connectivity index (χ2n) is 9.71. The van der Waals surface area contributed by atoms with Crippen molar-refractivity contribution in [3.8, 4) is 0 Å². The molecule has 1 amide bonds. The maximum atomic E-state index is 12.7. The number of carbonyl (C=O) groups excluding carboxylic acids is 3. The maximum Gasteiger partial charge on any atom is 0.220 e. The van der Waals surface area contributed by atoms with E-state index in [1.54, 1.807) is 0 Å². The van der Waals surface area contributed by atoms with E-state index in [0.29, 0.717) is 50.0 Å². The number of fused-ring (bicyclic) bond motifs is 1. The van der Waals surface area contributed by atoms with E-state index in [0.717, 1.165) is 44.2 Å². The number of carbonyl (C=O) groups is 3. The van der Waals surface area contributed by atoms with Crippen LogP contribution in [0.3, 0.4) is 0 Å². The zero-order chi connectivity index (χ0) is 26.3. The van der Waals surface area contributed by atoms with E-state index >= 15 is 0 Å². The summed E-state index contributed by atoms with van der Waals surface area (Å²) in [6.45, 7) is 3.43. The van der Waals surface area contributed by atoms with Gasteiger partial charge in [0.05, 0.1) is 0 Å². The summed E-state index contributed by atoms with van der Waals surface area (Å²) in [5.41, 5.74) is 3.13. The van der Waals surface area contributed by atoms with Gasteiger partial charge in [0.15, 0.2) is 5.78 Å². The third kappa shape index (κ3) is 9.96. The Hall–Kier alpha value is -3.25. The first kappa shape index (κ1) is 28.3. The lowest BCUT2D eigenvalue weighted by molar-refractivity contribution is -0.122. The normalized spacial score (nSPS) is 11.9. The van der Waals surface area contributed by atoms with Gasteiger partial charge in [-0.2, -0.15) is 0 Å². The molecule has 6 heteroatoms. The van der Waals surface area contributed by atoms with Crippen molar-refractivity contribution in [3.05, 3.63) is 71.9 Å². The molecule has 0 fully saturated rings. The van der Waals surface area contributed by atoms with Gasteiger partial charge in [-0.05, 0) is 43.9 Å². The Kier molecular flexibility index (Phi) is 12.1. The number of amides is 1. The first-order valence-electron chi connectivity index (χ1n) is 13.7. The summed E-state index contributed by atoms with van der Waals surface area (Å²) in [5, 5.41) is 7.95. The molecule has 198 valence electrons. The smallest absolute Gasteiger partial charge is 0.220 e. The molecule has 37 heavy (non-hydrogen) atoms. The molecule has 0 saturated heterocycles. The summed E-state index contributed by atoms with van der Waals surface area (Å²) < 4.78 is 0. The van der Waals surface area contributed by atoms with Crippen molar-refractivity contribution in [2.24, 2.45) is 0 Å². The van der Waals surface area contributed by atoms with Gasteiger partial charge >= 0.3 is 0 Å². The molecule has 0 bridgehead atoms. The summed E-state index contributed by atoms with van der Waals surface area (Å²) in [6.07, 6.45) is 9.21. The molecule has 2 aromatic carbocycles. The number of nitrogens with one attached hydrogen (secondary N) is 3. The fourth-order valence-electron chi connectivity index (χ4n) is 4.61. The predicted octanol–water partition coefficient (Wildman–Crippen LogP) is 5.77. The number of ketones is 2. The minimum atomic E-state index is -0.00884. The zero-order valence-electron chi connectivity index (χ0n) is 22.1. The van der Waals surface area contributed by atoms with Crippen molar-refractivity contribution in [1.29, 1.82) is 0 Å². The Morgan fingerprint density at radius 3 is 2.46 bits per heavy atom. The number of hydrogen-bond acceptors (Lipinski definition) is 4. The molecule has 1 heterocycles. The van der Waals surface area contributed by atoms with Gasteiger partial charge in [-0.25, -0.2) is 0 Å². The number of H-pyrrole nitrogens is 1. The molecule has 1 atom stereocenters. The monoisotopic (exact) mass is 503 g/mol. The van der Waals surface area contributed by atoms with Crippen LogP contribution in [-0.2, 0) is 16.0 Å². The molecule has 1 aromatic heterocycles. The highest BCUT2D eigenvalue weighted by Gasteiger charge is 2.14. The Bertz CT molecular complexity index is 1120. The van der Waals surface area contributed by atoms with E-state index in [9.17, 15) is 14.4 Å². The van der Waals surface area contributed by atoms with Gasteiger partial charge in [0, 0.05) is 60.9 Å². The van der Waals surface area contributed by atoms with Gasteiger partial charge in [0.25, 0.3) is 0 Å². The fourth-order valence-corrected chi connectivity index (χ4v) is 4.61. The Morgan fingerprint density at radius 2 is 1.65 bits per heavy atom. The molecule has 0 saturated carbocycles. The second-order valence-corrected chi connectivity index (χ2v) is 9.71. The van der Waals surface area contributed by atoms with Crippen molar-refractivity contribution in [2.45, 2.75) is 77.2 Å². The standard InChI is InChI=1S/C31H41N3O3/c1-2-27(35)15-8-4-7-14-26(23-32-21-20-25-22-33-29-17-10-9-16-28(25)29)34-31(37)19-11-18-30(36)24-12-5-3-6-13-24/h3,5-6,9-10,12-13,16-17,22,26,32-33H,2,4,7-8,11,14-15,18-21,23H2,1H3,(H,34,37)/t26-/m0/s1. The first-order valence-corrected chi connectivity index (χ1v) is 13.7. The van der Waals surface area contributed by atoms with E-state index in [2.05, 4.69) is 40.0 Å². The van der Waals surface area contributed by atoms with E-state index < -0.39 is 0 Å². The van der Waals surface area contributed by atoms with Crippen LogP contribution in [0.15, 0.2) is 60.8 Å². The highest BCUT2D eigenvalue weighted by Crippen LogP contribution is 2.17. The molecule has 0 spiro atoms. The van der Waals surface area contributed by atoms with Crippen LogP contribution < -0.4 is 10.6 Å². The number of aromatic nitrogens is 1. The zero-order valence-corrected chi connectivity index (χ0v) is 22.1. The minimum absolute atomic E-state index is 0.00884. The number of para-hydroxylation sites is 1. The number of unbranched alkanes of at least 4 members (excludes halogenated alkanes) is 2. The first-order chi connectivity index (χ1) is 18.1. The van der Waals surface area contributed by atoms with E-state index in [-0.39, 0.29) is 17.7 Å². The number of hydrogen-bond donors (Lipinski definition) is 3. The lowest BCUT2D eigenvalue weighted by Crippen LogP contribution is -2.42. The fraction of sp³-hybridized carbons (Fsp3) is 0.452. The number of Topliss-reactive ketones (excluding diaryl/α,β-unsaturated/α-hetero) is 2. The van der Waals surface area contributed by atoms with Crippen molar-refractivity contribution >= 4 is 28.4 Å². The Labute approximate surface area is 220 Å². The van der Waals surface area contributed by atoms with Crippen LogP contribution in [0.1, 0.15) is 80.6 Å². The highest BCUT2D eigenvalue weighted by molar-refractivity contribution is 5.96. The molecular weight excluding hydrogens is 462 g/mol. The van der Waals surface area contributed by atoms with Gasteiger partial charge in [-0.15, -0.1) is 0 Å². The van der Waals surface area contributed by atoms with Crippen molar-refractivity contribution in [1.82, 2.24) is 15.6 Å². The quantitative estimate of drug-likeness (QED) is 0.152. The van der Waals surface area contributed by atoms with E-state index in [4.69, 9.17) is 0 Å². The third-order valence-corrected chi connectivity index (χ3v) is 6.81. The molecule has 0 aliphatic heterocycles. The van der Waals surface area contributed by atoms with Crippen LogP contribution >= 0.6 is 0 Å². The maximum absolute atomic E-state index is 12.7. The van der Waals surface area contributed by atoms with E-state index in [1.165, 1.54) is 10.9 Å². The van der Waals surface area contributed by atoms with Crippen LogP contribution in [-0.4, -0.2) is 41.6 Å². The average Bonchev–Trinajstić information content (AvgIpc) is 3.34. The van der Waals surface area contributed by atoms with Crippen LogP contribution in [0.5, 0.6) is 0 Å². The van der Waals surface area contributed by atoms with E-state index in [1.807, 2.05) is 43.3 Å². The largest absolute Gasteiger partial charge is 0.361 e. The number of rotatable bonds is 18.